The van der Waals surface area contributed by atoms with Crippen molar-refractivity contribution in [2.45, 2.75) is 46.1 Å². The number of nitrogens with one attached hydrogen (secondary N) is 1. The van der Waals surface area contributed by atoms with Gasteiger partial charge in [-0.1, -0.05) is 18.5 Å². The molecule has 2 aromatic rings. The minimum atomic E-state index is -0.363. The summed E-state index contributed by atoms with van der Waals surface area (Å²) in [6.07, 6.45) is 2.60. The first-order valence-electron chi connectivity index (χ1n) is 8.77. The molecule has 0 radical (unpaired) electrons. The molecule has 6 heteroatoms. The Balaban J connectivity index is 1.93. The first kappa shape index (κ1) is 18.9. The van der Waals surface area contributed by atoms with E-state index in [9.17, 15) is 9.59 Å². The van der Waals surface area contributed by atoms with Crippen molar-refractivity contribution in [1.82, 2.24) is 0 Å². The molecule has 138 valence electrons. The van der Waals surface area contributed by atoms with Crippen LogP contribution in [0.4, 0.5) is 5.00 Å². The van der Waals surface area contributed by atoms with Crippen LogP contribution >= 0.6 is 22.9 Å². The lowest BCUT2D eigenvalue weighted by molar-refractivity contribution is 0.0378. The molecule has 1 aliphatic rings. The van der Waals surface area contributed by atoms with E-state index in [0.717, 1.165) is 24.8 Å². The molecule has 0 saturated carbocycles. The Morgan fingerprint density at radius 2 is 1.96 bits per heavy atom. The van der Waals surface area contributed by atoms with Crippen LogP contribution < -0.4 is 5.32 Å². The maximum atomic E-state index is 12.7. The van der Waals surface area contributed by atoms with E-state index in [1.54, 1.807) is 24.3 Å². The van der Waals surface area contributed by atoms with E-state index in [0.29, 0.717) is 27.1 Å². The van der Waals surface area contributed by atoms with Crippen molar-refractivity contribution in [3.63, 3.8) is 0 Å². The van der Waals surface area contributed by atoms with Gasteiger partial charge < -0.3 is 10.1 Å². The van der Waals surface area contributed by atoms with Gasteiger partial charge in [-0.05, 0) is 68.9 Å². The van der Waals surface area contributed by atoms with Gasteiger partial charge >= 0.3 is 5.97 Å². The van der Waals surface area contributed by atoms with E-state index in [1.807, 2.05) is 13.8 Å². The summed E-state index contributed by atoms with van der Waals surface area (Å²) in [5, 5.41) is 4.06. The van der Waals surface area contributed by atoms with Gasteiger partial charge in [0.1, 0.15) is 5.00 Å². The van der Waals surface area contributed by atoms with Crippen molar-refractivity contribution in [3.8, 4) is 0 Å². The third-order valence-electron chi connectivity index (χ3n) is 4.39. The van der Waals surface area contributed by atoms with E-state index >= 15 is 0 Å². The summed E-state index contributed by atoms with van der Waals surface area (Å²) >= 11 is 7.37. The SMILES string of the molecule is CC(C)OC(=O)c1c(NC(=O)c2ccc(Cl)cc2)sc2c1CC[C@@H](C)C2. The van der Waals surface area contributed by atoms with Crippen LogP contribution in [0.25, 0.3) is 0 Å². The molecule has 1 heterocycles. The predicted octanol–water partition coefficient (Wildman–Crippen LogP) is 5.34. The molecule has 1 amide bonds. The van der Waals surface area contributed by atoms with Crippen LogP contribution in [-0.2, 0) is 17.6 Å². The van der Waals surface area contributed by atoms with Crippen LogP contribution in [0.2, 0.25) is 5.02 Å². The molecular weight excluding hydrogens is 370 g/mol. The lowest BCUT2D eigenvalue weighted by atomic mass is 9.88. The Bertz CT molecular complexity index is 826. The Morgan fingerprint density at radius 3 is 2.62 bits per heavy atom. The van der Waals surface area contributed by atoms with Gasteiger partial charge in [0.15, 0.2) is 0 Å². The Morgan fingerprint density at radius 1 is 1.27 bits per heavy atom. The number of carbonyl (C=O) groups excluding carboxylic acids is 2. The Kier molecular flexibility index (Phi) is 5.68. The molecule has 1 aliphatic carbocycles. The molecule has 0 saturated heterocycles. The lowest BCUT2D eigenvalue weighted by Gasteiger charge is -2.18. The second kappa shape index (κ2) is 7.80. The summed E-state index contributed by atoms with van der Waals surface area (Å²) in [7, 11) is 0. The summed E-state index contributed by atoms with van der Waals surface area (Å²) in [5.74, 6) is -0.0414. The minimum absolute atomic E-state index is 0.208. The summed E-state index contributed by atoms with van der Waals surface area (Å²) in [6, 6.07) is 6.68. The number of ether oxygens (including phenoxy) is 1. The first-order valence-corrected chi connectivity index (χ1v) is 9.97. The Labute approximate surface area is 162 Å². The van der Waals surface area contributed by atoms with Crippen molar-refractivity contribution in [2.75, 3.05) is 5.32 Å². The van der Waals surface area contributed by atoms with Crippen LogP contribution in [0.3, 0.4) is 0 Å². The van der Waals surface area contributed by atoms with Crippen LogP contribution in [0, 0.1) is 5.92 Å². The van der Waals surface area contributed by atoms with E-state index in [-0.39, 0.29) is 18.0 Å². The number of esters is 1. The highest BCUT2D eigenvalue weighted by atomic mass is 35.5. The quantitative estimate of drug-likeness (QED) is 0.715. The molecule has 1 aromatic carbocycles. The average Bonchev–Trinajstić information content (AvgIpc) is 2.91. The van der Waals surface area contributed by atoms with Gasteiger partial charge in [0.25, 0.3) is 5.91 Å². The maximum Gasteiger partial charge on any atom is 0.341 e. The van der Waals surface area contributed by atoms with Gasteiger partial charge in [-0.15, -0.1) is 11.3 Å². The fourth-order valence-corrected chi connectivity index (χ4v) is 4.62. The van der Waals surface area contributed by atoms with E-state index in [2.05, 4.69) is 12.2 Å². The standard InChI is InChI=1S/C20H22ClNO3S/c1-11(2)25-20(24)17-15-9-4-12(3)10-16(15)26-19(17)22-18(23)13-5-7-14(21)8-6-13/h5-8,11-12H,4,9-10H2,1-3H3,(H,22,23)/t12-/m1/s1. The molecule has 0 aliphatic heterocycles. The maximum absolute atomic E-state index is 12.7. The zero-order valence-corrected chi connectivity index (χ0v) is 16.7. The average molecular weight is 392 g/mol. The number of carbonyl (C=O) groups is 2. The number of hydrogen-bond donors (Lipinski definition) is 1. The van der Waals surface area contributed by atoms with Gasteiger partial charge in [-0.2, -0.15) is 0 Å². The van der Waals surface area contributed by atoms with Gasteiger partial charge in [0.05, 0.1) is 11.7 Å². The lowest BCUT2D eigenvalue weighted by Crippen LogP contribution is -2.18. The highest BCUT2D eigenvalue weighted by Crippen LogP contribution is 2.40. The fourth-order valence-electron chi connectivity index (χ4n) is 3.10. The number of benzene rings is 1. The second-order valence-electron chi connectivity index (χ2n) is 6.97. The summed E-state index contributed by atoms with van der Waals surface area (Å²) in [5.41, 5.74) is 2.05. The second-order valence-corrected chi connectivity index (χ2v) is 8.51. The summed E-state index contributed by atoms with van der Waals surface area (Å²) < 4.78 is 5.43. The molecule has 1 aromatic heterocycles. The molecular formula is C20H22ClNO3S. The number of halogens is 1. The van der Waals surface area contributed by atoms with Crippen LogP contribution in [0.15, 0.2) is 24.3 Å². The molecule has 26 heavy (non-hydrogen) atoms. The molecule has 0 bridgehead atoms. The van der Waals surface area contributed by atoms with Crippen LogP contribution in [0.5, 0.6) is 0 Å². The molecule has 1 atom stereocenters. The van der Waals surface area contributed by atoms with E-state index in [1.165, 1.54) is 16.2 Å². The van der Waals surface area contributed by atoms with Gasteiger partial charge in [0, 0.05) is 15.5 Å². The van der Waals surface area contributed by atoms with Crippen molar-refractivity contribution < 1.29 is 14.3 Å². The van der Waals surface area contributed by atoms with E-state index < -0.39 is 0 Å². The summed E-state index contributed by atoms with van der Waals surface area (Å²) in [4.78, 5) is 26.4. The van der Waals surface area contributed by atoms with Crippen LogP contribution in [-0.4, -0.2) is 18.0 Å². The monoisotopic (exact) mass is 391 g/mol. The normalized spacial score (nSPS) is 16.3. The number of thiophene rings is 1. The fraction of sp³-hybridized carbons (Fsp3) is 0.400. The molecule has 1 N–H and O–H groups in total. The van der Waals surface area contributed by atoms with Crippen LogP contribution in [0.1, 0.15) is 58.3 Å². The number of fused-ring (bicyclic) bond motifs is 1. The van der Waals surface area contributed by atoms with Crippen molar-refractivity contribution in [2.24, 2.45) is 5.92 Å². The van der Waals surface area contributed by atoms with Gasteiger partial charge in [-0.3, -0.25) is 4.79 Å². The zero-order valence-electron chi connectivity index (χ0n) is 15.1. The number of rotatable bonds is 4. The molecule has 4 nitrogen and oxygen atoms in total. The van der Waals surface area contributed by atoms with Gasteiger partial charge in [-0.25, -0.2) is 4.79 Å². The smallest absolute Gasteiger partial charge is 0.341 e. The largest absolute Gasteiger partial charge is 0.459 e. The zero-order chi connectivity index (χ0) is 18.8. The molecule has 0 fully saturated rings. The Hall–Kier alpha value is -1.85. The van der Waals surface area contributed by atoms with Gasteiger partial charge in [0.2, 0.25) is 0 Å². The summed E-state index contributed by atoms with van der Waals surface area (Å²) in [6.45, 7) is 5.86. The highest BCUT2D eigenvalue weighted by Gasteiger charge is 2.29. The number of hydrogen-bond acceptors (Lipinski definition) is 4. The molecule has 3 rings (SSSR count). The van der Waals surface area contributed by atoms with Crippen molar-refractivity contribution >= 4 is 39.8 Å². The molecule has 0 unspecified atom stereocenters. The topological polar surface area (TPSA) is 55.4 Å². The minimum Gasteiger partial charge on any atom is -0.459 e. The number of amides is 1. The third-order valence-corrected chi connectivity index (χ3v) is 5.81. The van der Waals surface area contributed by atoms with Crippen molar-refractivity contribution in [3.05, 3.63) is 50.9 Å². The van der Waals surface area contributed by atoms with E-state index in [4.69, 9.17) is 16.3 Å². The first-order chi connectivity index (χ1) is 12.3. The molecule has 0 spiro atoms. The third kappa shape index (κ3) is 4.10. The predicted molar refractivity (Wildman–Crippen MR) is 105 cm³/mol. The van der Waals surface area contributed by atoms with Crippen molar-refractivity contribution in [1.29, 1.82) is 0 Å². The highest BCUT2D eigenvalue weighted by molar-refractivity contribution is 7.17. The number of anilines is 1.